The molecule has 11 heteroatoms. The van der Waals surface area contributed by atoms with Crippen LogP contribution in [0.25, 0.3) is 0 Å². The fraction of sp³-hybridized carbons (Fsp3) is 0.344. The van der Waals surface area contributed by atoms with Crippen molar-refractivity contribution in [2.75, 3.05) is 56.7 Å². The Morgan fingerprint density at radius 1 is 1.12 bits per heavy atom. The summed E-state index contributed by atoms with van der Waals surface area (Å²) in [6.45, 7) is 4.57. The number of nitrogens with one attached hydrogen (secondary N) is 2. The van der Waals surface area contributed by atoms with Crippen LogP contribution in [0.3, 0.4) is 0 Å². The Morgan fingerprint density at radius 3 is 2.84 bits per heavy atom. The van der Waals surface area contributed by atoms with Crippen LogP contribution in [0.2, 0.25) is 0 Å². The standard InChI is InChI=1S/C32H35FN6O2S2/c1-21-18-36-25(19-35-21)24(10-13-38(2)14-11-33)37-22-8-9-28-30(17-22)42-29-7-3-5-23(31(29)43-28)27-20-39(15-16-41-27)26-6-4-12-34-32(26)40/h3-9,12,17-19,24,27,37H,10-11,13-16,20H2,1-2H3,(H,34,40). The molecule has 8 nitrogen and oxygen atoms in total. The lowest BCUT2D eigenvalue weighted by Crippen LogP contribution is -2.41. The summed E-state index contributed by atoms with van der Waals surface area (Å²) in [5.41, 5.74) is 4.49. The van der Waals surface area contributed by atoms with E-state index >= 15 is 0 Å². The molecule has 0 amide bonds. The number of hydrogen-bond donors (Lipinski definition) is 2. The first-order chi connectivity index (χ1) is 21.0. The number of morpholine rings is 1. The molecule has 2 aliphatic rings. The average molecular weight is 619 g/mol. The predicted octanol–water partition coefficient (Wildman–Crippen LogP) is 6.11. The number of fused-ring (bicyclic) bond motifs is 2. The lowest BCUT2D eigenvalue weighted by atomic mass is 10.1. The third kappa shape index (κ3) is 6.90. The van der Waals surface area contributed by atoms with Crippen molar-refractivity contribution in [2.24, 2.45) is 0 Å². The molecule has 43 heavy (non-hydrogen) atoms. The number of rotatable bonds is 10. The Balaban J connectivity index is 1.20. The highest BCUT2D eigenvalue weighted by molar-refractivity contribution is 8.05. The summed E-state index contributed by atoms with van der Waals surface area (Å²) in [7, 11) is 1.94. The number of alkyl halides is 1. The molecule has 0 aliphatic carbocycles. The molecular formula is C32H35FN6O2S2. The number of anilines is 2. The molecule has 2 unspecified atom stereocenters. The number of H-pyrrole nitrogens is 1. The van der Waals surface area contributed by atoms with E-state index in [-0.39, 0.29) is 24.4 Å². The van der Waals surface area contributed by atoms with Crippen molar-refractivity contribution in [2.45, 2.75) is 45.1 Å². The van der Waals surface area contributed by atoms with E-state index in [0.717, 1.165) is 35.6 Å². The largest absolute Gasteiger partial charge is 0.377 e. The maximum absolute atomic E-state index is 12.9. The molecule has 6 rings (SSSR count). The smallest absolute Gasteiger partial charge is 0.271 e. The molecular weight excluding hydrogens is 584 g/mol. The topological polar surface area (TPSA) is 86.4 Å². The van der Waals surface area contributed by atoms with Gasteiger partial charge in [0, 0.05) is 63.8 Å². The van der Waals surface area contributed by atoms with Crippen LogP contribution in [0, 0.1) is 6.92 Å². The maximum atomic E-state index is 12.9. The average Bonchev–Trinajstić information content (AvgIpc) is 3.02. The van der Waals surface area contributed by atoms with Crippen molar-refractivity contribution in [1.29, 1.82) is 0 Å². The van der Waals surface area contributed by atoms with E-state index in [1.807, 2.05) is 37.2 Å². The van der Waals surface area contributed by atoms with E-state index < -0.39 is 0 Å². The summed E-state index contributed by atoms with van der Waals surface area (Å²) in [6.07, 6.45) is 5.91. The molecule has 0 bridgehead atoms. The number of halogens is 1. The van der Waals surface area contributed by atoms with Crippen molar-refractivity contribution >= 4 is 34.9 Å². The molecule has 2 aromatic heterocycles. The van der Waals surface area contributed by atoms with Crippen molar-refractivity contribution in [3.05, 3.63) is 94.4 Å². The number of aryl methyl sites for hydroxylation is 1. The number of nitrogens with zero attached hydrogens (tertiary/aromatic N) is 4. The summed E-state index contributed by atoms with van der Waals surface area (Å²) in [6, 6.07) is 16.5. The van der Waals surface area contributed by atoms with Crippen molar-refractivity contribution < 1.29 is 9.13 Å². The fourth-order valence-corrected chi connectivity index (χ4v) is 7.82. The van der Waals surface area contributed by atoms with Crippen molar-refractivity contribution in [1.82, 2.24) is 19.9 Å². The number of aromatic nitrogens is 3. The number of hydrogen-bond acceptors (Lipinski definition) is 9. The highest BCUT2D eigenvalue weighted by atomic mass is 32.2. The van der Waals surface area contributed by atoms with Gasteiger partial charge in [0.05, 0.1) is 30.2 Å². The van der Waals surface area contributed by atoms with Gasteiger partial charge in [0.25, 0.3) is 5.56 Å². The lowest BCUT2D eigenvalue weighted by Gasteiger charge is -2.35. The van der Waals surface area contributed by atoms with Crippen LogP contribution in [0.1, 0.15) is 35.5 Å². The zero-order valence-corrected chi connectivity index (χ0v) is 25.9. The molecule has 1 fully saturated rings. The fourth-order valence-electron chi connectivity index (χ4n) is 5.37. The Hall–Kier alpha value is -3.38. The van der Waals surface area contributed by atoms with Gasteiger partial charge >= 0.3 is 0 Å². The van der Waals surface area contributed by atoms with E-state index in [1.165, 1.54) is 19.6 Å². The summed E-state index contributed by atoms with van der Waals surface area (Å²) >= 11 is 3.53. The van der Waals surface area contributed by atoms with E-state index in [0.29, 0.717) is 31.9 Å². The van der Waals surface area contributed by atoms with Gasteiger partial charge in [0.1, 0.15) is 18.5 Å². The molecule has 0 saturated carbocycles. The Kier molecular flexibility index (Phi) is 9.32. The Bertz CT molecular complexity index is 1620. The summed E-state index contributed by atoms with van der Waals surface area (Å²) < 4.78 is 19.1. The molecule has 2 N–H and O–H groups in total. The van der Waals surface area contributed by atoms with E-state index in [2.05, 4.69) is 61.6 Å². The van der Waals surface area contributed by atoms with E-state index in [1.54, 1.807) is 35.9 Å². The first-order valence-corrected chi connectivity index (χ1v) is 16.1. The van der Waals surface area contributed by atoms with Gasteiger partial charge in [0.2, 0.25) is 0 Å². The number of pyridine rings is 1. The lowest BCUT2D eigenvalue weighted by molar-refractivity contribution is 0.0378. The van der Waals surface area contributed by atoms with Gasteiger partial charge in [-0.05, 0) is 62.4 Å². The second kappa shape index (κ2) is 13.5. The summed E-state index contributed by atoms with van der Waals surface area (Å²) in [5, 5.41) is 3.68. The van der Waals surface area contributed by atoms with Crippen LogP contribution in [-0.2, 0) is 4.74 Å². The monoisotopic (exact) mass is 618 g/mol. The highest BCUT2D eigenvalue weighted by Crippen LogP contribution is 2.52. The van der Waals surface area contributed by atoms with Gasteiger partial charge in [-0.3, -0.25) is 14.8 Å². The predicted molar refractivity (Wildman–Crippen MR) is 170 cm³/mol. The molecule has 2 aliphatic heterocycles. The number of aromatic amines is 1. The van der Waals surface area contributed by atoms with Crippen LogP contribution < -0.4 is 15.8 Å². The molecule has 4 aromatic rings. The van der Waals surface area contributed by atoms with Gasteiger partial charge in [-0.1, -0.05) is 35.7 Å². The van der Waals surface area contributed by atoms with Crippen LogP contribution >= 0.6 is 23.5 Å². The van der Waals surface area contributed by atoms with Gasteiger partial charge in [-0.2, -0.15) is 0 Å². The summed E-state index contributed by atoms with van der Waals surface area (Å²) in [4.78, 5) is 33.2. The van der Waals surface area contributed by atoms with Crippen LogP contribution in [0.15, 0.2) is 91.5 Å². The zero-order valence-electron chi connectivity index (χ0n) is 24.3. The molecule has 0 spiro atoms. The van der Waals surface area contributed by atoms with Crippen molar-refractivity contribution in [3.63, 3.8) is 0 Å². The normalized spacial score (nSPS) is 16.9. The molecule has 1 saturated heterocycles. The quantitative estimate of drug-likeness (QED) is 0.193. The first-order valence-electron chi connectivity index (χ1n) is 14.4. The Morgan fingerprint density at radius 2 is 2.02 bits per heavy atom. The number of ether oxygens (including phenoxy) is 1. The molecule has 0 radical (unpaired) electrons. The van der Waals surface area contributed by atoms with E-state index in [4.69, 9.17) is 4.74 Å². The molecule has 224 valence electrons. The number of benzene rings is 2. The van der Waals surface area contributed by atoms with E-state index in [9.17, 15) is 9.18 Å². The molecule has 2 aromatic carbocycles. The van der Waals surface area contributed by atoms with Crippen LogP contribution in [0.4, 0.5) is 15.8 Å². The second-order valence-electron chi connectivity index (χ2n) is 10.8. The minimum atomic E-state index is -0.361. The van der Waals surface area contributed by atoms with Gasteiger partial charge in [-0.15, -0.1) is 0 Å². The maximum Gasteiger partial charge on any atom is 0.271 e. The molecule has 4 heterocycles. The van der Waals surface area contributed by atoms with Crippen LogP contribution in [0.5, 0.6) is 0 Å². The highest BCUT2D eigenvalue weighted by Gasteiger charge is 2.29. The third-order valence-corrected chi connectivity index (χ3v) is 10.3. The van der Waals surface area contributed by atoms with Crippen molar-refractivity contribution in [3.8, 4) is 0 Å². The zero-order chi connectivity index (χ0) is 29.8. The SMILES string of the molecule is Cc1cnc(C(CCN(C)CCF)Nc2ccc3c(c2)Sc2cccc(C4CN(c5ccc[nH]c5=O)CCO4)c2S3)cn1. The second-order valence-corrected chi connectivity index (χ2v) is 12.9. The third-order valence-electron chi connectivity index (χ3n) is 7.70. The van der Waals surface area contributed by atoms with Gasteiger partial charge in [-0.25, -0.2) is 4.39 Å². The van der Waals surface area contributed by atoms with Crippen LogP contribution in [-0.4, -0.2) is 66.4 Å². The first kappa shape index (κ1) is 29.7. The molecule has 2 atom stereocenters. The van der Waals surface area contributed by atoms with Gasteiger partial charge in [0.15, 0.2) is 0 Å². The minimum Gasteiger partial charge on any atom is -0.377 e. The minimum absolute atomic E-state index is 0.0587. The summed E-state index contributed by atoms with van der Waals surface area (Å²) in [5.74, 6) is 0. The van der Waals surface area contributed by atoms with Gasteiger partial charge < -0.3 is 24.8 Å². The Labute approximate surface area is 259 Å².